The fraction of sp³-hybridized carbons (Fsp3) is 0.458. The summed E-state index contributed by atoms with van der Waals surface area (Å²) in [5.41, 5.74) is 1.13. The van der Waals surface area contributed by atoms with Crippen molar-refractivity contribution in [3.63, 3.8) is 0 Å². The molecule has 2 heterocycles. The molecule has 1 fully saturated rings. The monoisotopic (exact) mass is 464 g/mol. The Morgan fingerprint density at radius 2 is 1.82 bits per heavy atom. The van der Waals surface area contributed by atoms with E-state index in [0.29, 0.717) is 31.5 Å². The van der Waals surface area contributed by atoms with Crippen molar-refractivity contribution in [3.8, 4) is 0 Å². The lowest BCUT2D eigenvalue weighted by atomic mass is 9.90. The molecule has 1 aliphatic rings. The fourth-order valence-electron chi connectivity index (χ4n) is 4.48. The highest BCUT2D eigenvalue weighted by atomic mass is 19.4. The van der Waals surface area contributed by atoms with Crippen LogP contribution in [0.4, 0.5) is 18.0 Å². The summed E-state index contributed by atoms with van der Waals surface area (Å²) in [5.74, 6) is -1.97. The van der Waals surface area contributed by atoms with E-state index in [2.05, 4.69) is 5.32 Å². The maximum atomic E-state index is 12.9. The van der Waals surface area contributed by atoms with E-state index in [1.165, 1.54) is 4.90 Å². The number of nitrogens with zero attached hydrogens (tertiary/aromatic N) is 2. The molecule has 178 valence electrons. The topological polar surface area (TPSA) is 73.5 Å². The number of benzene rings is 1. The number of hydrogen-bond acceptors (Lipinski definition) is 2. The van der Waals surface area contributed by atoms with Crippen LogP contribution in [0.25, 0.3) is 0 Å². The van der Waals surface area contributed by atoms with Crippen molar-refractivity contribution in [1.82, 2.24) is 10.2 Å². The van der Waals surface area contributed by atoms with E-state index in [1.807, 2.05) is 48.7 Å². The van der Waals surface area contributed by atoms with Gasteiger partial charge in [-0.25, -0.2) is 9.36 Å². The Labute approximate surface area is 191 Å². The van der Waals surface area contributed by atoms with Crippen LogP contribution >= 0.6 is 0 Å². The van der Waals surface area contributed by atoms with Crippen LogP contribution in [-0.4, -0.2) is 40.3 Å². The van der Waals surface area contributed by atoms with Crippen molar-refractivity contribution in [3.05, 3.63) is 66.0 Å². The Kier molecular flexibility index (Phi) is 7.29. The number of amides is 2. The van der Waals surface area contributed by atoms with Gasteiger partial charge in [0.25, 0.3) is 0 Å². The Bertz CT molecular complexity index is 962. The van der Waals surface area contributed by atoms with Crippen molar-refractivity contribution in [2.45, 2.75) is 57.4 Å². The average Bonchev–Trinajstić information content (AvgIpc) is 3.06. The van der Waals surface area contributed by atoms with Gasteiger partial charge in [0.1, 0.15) is 0 Å². The Morgan fingerprint density at radius 1 is 1.18 bits per heavy atom. The van der Waals surface area contributed by atoms with Crippen molar-refractivity contribution < 1.29 is 32.4 Å². The second-order valence-electron chi connectivity index (χ2n) is 9.17. The zero-order valence-corrected chi connectivity index (χ0v) is 18.7. The van der Waals surface area contributed by atoms with Crippen LogP contribution in [0.5, 0.6) is 0 Å². The van der Waals surface area contributed by atoms with Crippen LogP contribution in [0.15, 0.2) is 54.9 Å². The number of alkyl halides is 3. The molecule has 9 heteroatoms. The molecular formula is C24H29F3N3O3+. The molecular weight excluding hydrogens is 435 g/mol. The van der Waals surface area contributed by atoms with Gasteiger partial charge in [0.05, 0.1) is 6.04 Å². The zero-order valence-electron chi connectivity index (χ0n) is 18.7. The molecule has 2 N–H and O–H groups in total. The summed E-state index contributed by atoms with van der Waals surface area (Å²) in [5, 5.41) is 11.5. The summed E-state index contributed by atoms with van der Waals surface area (Å²) in [4.78, 5) is 24.5. The van der Waals surface area contributed by atoms with Gasteiger partial charge in [-0.05, 0) is 44.6 Å². The van der Waals surface area contributed by atoms with E-state index in [0.717, 1.165) is 5.56 Å². The lowest BCUT2D eigenvalue weighted by Gasteiger charge is -2.28. The van der Waals surface area contributed by atoms with Crippen LogP contribution in [0.1, 0.15) is 50.3 Å². The highest BCUT2D eigenvalue weighted by molar-refractivity contribution is 5.82. The maximum Gasteiger partial charge on any atom is 0.471 e. The lowest BCUT2D eigenvalue weighted by molar-refractivity contribution is -0.688. The summed E-state index contributed by atoms with van der Waals surface area (Å²) in [6, 6.07) is 12.4. The van der Waals surface area contributed by atoms with Crippen LogP contribution in [0.2, 0.25) is 0 Å². The van der Waals surface area contributed by atoms with E-state index in [-0.39, 0.29) is 12.3 Å². The summed E-state index contributed by atoms with van der Waals surface area (Å²) in [7, 11) is 0. The first kappa shape index (κ1) is 24.5. The molecule has 1 aliphatic heterocycles. The molecule has 33 heavy (non-hydrogen) atoms. The van der Waals surface area contributed by atoms with E-state index in [1.54, 1.807) is 24.5 Å². The number of pyridine rings is 1. The smallest absolute Gasteiger partial charge is 0.465 e. The third-order valence-electron chi connectivity index (χ3n) is 6.14. The molecule has 2 aromatic rings. The lowest BCUT2D eigenvalue weighted by Crippen LogP contribution is -2.41. The highest BCUT2D eigenvalue weighted by Crippen LogP contribution is 2.36. The van der Waals surface area contributed by atoms with Gasteiger partial charge in [-0.15, -0.1) is 0 Å². The highest BCUT2D eigenvalue weighted by Gasteiger charge is 2.42. The number of nitrogens with one attached hydrogen (secondary N) is 1. The van der Waals surface area contributed by atoms with E-state index in [4.69, 9.17) is 0 Å². The number of carbonyl (C=O) groups excluding carboxylic acids is 1. The van der Waals surface area contributed by atoms with Crippen molar-refractivity contribution in [2.24, 2.45) is 5.92 Å². The zero-order chi connectivity index (χ0) is 24.2. The molecule has 1 unspecified atom stereocenters. The van der Waals surface area contributed by atoms with Crippen LogP contribution < -0.4 is 9.88 Å². The van der Waals surface area contributed by atoms with Crippen molar-refractivity contribution in [2.75, 3.05) is 6.54 Å². The molecule has 0 spiro atoms. The van der Waals surface area contributed by atoms with Gasteiger partial charge in [-0.1, -0.05) is 30.3 Å². The van der Waals surface area contributed by atoms with Gasteiger partial charge >= 0.3 is 18.2 Å². The van der Waals surface area contributed by atoms with Gasteiger partial charge in [-0.2, -0.15) is 13.2 Å². The van der Waals surface area contributed by atoms with E-state index >= 15 is 0 Å². The third-order valence-corrected chi connectivity index (χ3v) is 6.14. The average molecular weight is 465 g/mol. The summed E-state index contributed by atoms with van der Waals surface area (Å²) in [6.07, 6.45) is -1.04. The minimum atomic E-state index is -4.98. The number of halogens is 3. The molecule has 0 saturated carbocycles. The number of rotatable bonds is 7. The van der Waals surface area contributed by atoms with Gasteiger partial charge in [-0.3, -0.25) is 4.79 Å². The molecule has 2 amide bonds. The van der Waals surface area contributed by atoms with Crippen LogP contribution in [0, 0.1) is 5.92 Å². The number of carboxylic acid groups (broad SMARTS) is 1. The first-order valence-electron chi connectivity index (χ1n) is 10.9. The Morgan fingerprint density at radius 3 is 2.36 bits per heavy atom. The molecule has 1 saturated heterocycles. The van der Waals surface area contributed by atoms with E-state index < -0.39 is 29.8 Å². The normalized spacial score (nSPS) is 18.7. The van der Waals surface area contributed by atoms with Gasteiger partial charge in [0.15, 0.2) is 18.9 Å². The molecule has 2 atom stereocenters. The van der Waals surface area contributed by atoms with Gasteiger partial charge in [0.2, 0.25) is 0 Å². The number of aromatic nitrogens is 1. The predicted octanol–water partition coefficient (Wildman–Crippen LogP) is 4.30. The van der Waals surface area contributed by atoms with Gasteiger partial charge < -0.3 is 15.3 Å². The first-order chi connectivity index (χ1) is 15.5. The predicted molar refractivity (Wildman–Crippen MR) is 115 cm³/mol. The molecule has 0 bridgehead atoms. The Hall–Kier alpha value is -3.10. The summed E-state index contributed by atoms with van der Waals surface area (Å²) < 4.78 is 40.7. The number of hydrogen-bond donors (Lipinski definition) is 2. The second kappa shape index (κ2) is 9.80. The minimum Gasteiger partial charge on any atom is -0.465 e. The quantitative estimate of drug-likeness (QED) is 0.600. The summed E-state index contributed by atoms with van der Waals surface area (Å²) in [6.45, 7) is 4.62. The SMILES string of the molecule is CC1(C)C[C@H](CCC(NC(=O)C(F)(F)F)c2cc[n+](Cc3ccccc3)cc2)CN1C(=O)O. The summed E-state index contributed by atoms with van der Waals surface area (Å²) >= 11 is 0. The number of likely N-dealkylation sites (tertiary alicyclic amines) is 1. The van der Waals surface area contributed by atoms with Crippen molar-refractivity contribution in [1.29, 1.82) is 0 Å². The molecule has 1 aromatic heterocycles. The Balaban J connectivity index is 1.71. The fourth-order valence-corrected chi connectivity index (χ4v) is 4.48. The van der Waals surface area contributed by atoms with Crippen LogP contribution in [-0.2, 0) is 11.3 Å². The maximum absolute atomic E-state index is 12.9. The van der Waals surface area contributed by atoms with Gasteiger partial charge in [0, 0.05) is 29.8 Å². The van der Waals surface area contributed by atoms with E-state index in [9.17, 15) is 27.9 Å². The molecule has 3 rings (SSSR count). The standard InChI is InChI=1S/C24H28F3N3O3/c1-23(2)14-18(16-30(23)22(32)33)8-9-20(28-21(31)24(25,26)27)19-10-12-29(13-11-19)15-17-6-4-3-5-7-17/h3-7,10-13,18,20H,8-9,14-16H2,1-2H3,(H-,28,31,32,33)/p+1/t18-,20?/m0/s1. The largest absolute Gasteiger partial charge is 0.471 e. The third kappa shape index (κ3) is 6.46. The first-order valence-corrected chi connectivity index (χ1v) is 10.9. The number of carbonyl (C=O) groups is 2. The second-order valence-corrected chi connectivity index (χ2v) is 9.17. The molecule has 6 nitrogen and oxygen atoms in total. The van der Waals surface area contributed by atoms with Crippen molar-refractivity contribution >= 4 is 12.0 Å². The molecule has 1 aromatic carbocycles. The minimum absolute atomic E-state index is 0.00752. The molecule has 0 aliphatic carbocycles. The molecule has 0 radical (unpaired) electrons. The van der Waals surface area contributed by atoms with Crippen LogP contribution in [0.3, 0.4) is 0 Å².